The number of likely N-dealkylation sites (N-methyl/N-ethyl adjacent to an activating group) is 1. The highest BCUT2D eigenvalue weighted by atomic mass is 28.3. The van der Waals surface area contributed by atoms with Gasteiger partial charge in [-0.1, -0.05) is 13.8 Å². The van der Waals surface area contributed by atoms with Gasteiger partial charge in [0.15, 0.2) is 0 Å². The van der Waals surface area contributed by atoms with Crippen LogP contribution in [0, 0.1) is 0 Å². The first-order valence-electron chi connectivity index (χ1n) is 6.27. The molecule has 1 fully saturated rings. The van der Waals surface area contributed by atoms with E-state index in [2.05, 4.69) is 54.0 Å². The minimum absolute atomic E-state index is 0.721. The summed E-state index contributed by atoms with van der Waals surface area (Å²) in [6.07, 6.45) is 1.29. The summed E-state index contributed by atoms with van der Waals surface area (Å²) in [4.78, 5) is 0. The van der Waals surface area contributed by atoms with Gasteiger partial charge in [0, 0.05) is 25.2 Å². The third kappa shape index (κ3) is 3.04. The molecule has 1 heterocycles. The van der Waals surface area contributed by atoms with Crippen molar-refractivity contribution in [1.29, 1.82) is 0 Å². The molecule has 1 aliphatic heterocycles. The van der Waals surface area contributed by atoms with Gasteiger partial charge in [0.05, 0.1) is 0 Å². The fourth-order valence-electron chi connectivity index (χ4n) is 2.72. The fraction of sp³-hybridized carbons (Fsp3) is 1.00. The molecule has 0 aromatic carbocycles. The van der Waals surface area contributed by atoms with E-state index in [4.69, 9.17) is 0 Å². The molecule has 1 rings (SSSR count). The lowest BCUT2D eigenvalue weighted by atomic mass is 10.1. The van der Waals surface area contributed by atoms with E-state index in [9.17, 15) is 0 Å². The quantitative estimate of drug-likeness (QED) is 0.697. The zero-order valence-corrected chi connectivity index (χ0v) is 12.8. The van der Waals surface area contributed by atoms with Crippen LogP contribution in [0.4, 0.5) is 0 Å². The van der Waals surface area contributed by atoms with Gasteiger partial charge in [-0.15, -0.1) is 0 Å². The Bertz CT molecular complexity index is 212. The second-order valence-corrected chi connectivity index (χ2v) is 8.45. The number of rotatable bonds is 4. The highest BCUT2D eigenvalue weighted by molar-refractivity contribution is 6.49. The molecule has 0 bridgehead atoms. The maximum absolute atomic E-state index is 3.26. The van der Waals surface area contributed by atoms with Crippen molar-refractivity contribution < 1.29 is 0 Å². The second-order valence-electron chi connectivity index (χ2n) is 5.25. The van der Waals surface area contributed by atoms with Crippen LogP contribution >= 0.6 is 0 Å². The Balaban J connectivity index is 2.74. The maximum atomic E-state index is 3.26. The van der Waals surface area contributed by atoms with Crippen molar-refractivity contribution >= 4 is 9.28 Å². The van der Waals surface area contributed by atoms with Crippen molar-refractivity contribution in [1.82, 2.24) is 19.0 Å². The first-order valence-corrected chi connectivity index (χ1v) is 7.82. The lowest BCUT2D eigenvalue weighted by molar-refractivity contribution is 0.171. The molecule has 0 radical (unpaired) electrons. The molecule has 0 saturated carbocycles. The summed E-state index contributed by atoms with van der Waals surface area (Å²) in [6.45, 7) is 6.99. The van der Waals surface area contributed by atoms with Crippen LogP contribution in [0.5, 0.6) is 0 Å². The SMILES string of the molecule is CNCCN1C(C)CC(C)N(C)[SiH]1N(C)C. The van der Waals surface area contributed by atoms with Crippen LogP contribution in [0.25, 0.3) is 0 Å². The van der Waals surface area contributed by atoms with Crippen molar-refractivity contribution in [2.75, 3.05) is 41.3 Å². The molecule has 0 aromatic heterocycles. The number of nitrogens with one attached hydrogen (secondary N) is 1. The Morgan fingerprint density at radius 1 is 1.31 bits per heavy atom. The lowest BCUT2D eigenvalue weighted by Crippen LogP contribution is -2.68. The molecule has 1 saturated heterocycles. The monoisotopic (exact) mass is 244 g/mol. The minimum atomic E-state index is -1.10. The van der Waals surface area contributed by atoms with E-state index < -0.39 is 9.28 Å². The highest BCUT2D eigenvalue weighted by Crippen LogP contribution is 2.21. The molecule has 5 heteroatoms. The van der Waals surface area contributed by atoms with Gasteiger partial charge in [0.1, 0.15) is 0 Å². The normalized spacial score (nSPS) is 33.6. The van der Waals surface area contributed by atoms with Gasteiger partial charge in [-0.25, -0.2) is 0 Å². The summed E-state index contributed by atoms with van der Waals surface area (Å²) in [6, 6.07) is 1.44. The van der Waals surface area contributed by atoms with Crippen LogP contribution in [0.3, 0.4) is 0 Å². The third-order valence-electron chi connectivity index (χ3n) is 3.69. The van der Waals surface area contributed by atoms with Crippen molar-refractivity contribution in [2.45, 2.75) is 32.4 Å². The molecule has 3 unspecified atom stereocenters. The Morgan fingerprint density at radius 2 is 1.94 bits per heavy atom. The van der Waals surface area contributed by atoms with E-state index in [-0.39, 0.29) is 0 Å². The van der Waals surface area contributed by atoms with Crippen LogP contribution in [-0.4, -0.2) is 76.3 Å². The van der Waals surface area contributed by atoms with Gasteiger partial charge < -0.3 is 14.4 Å². The highest BCUT2D eigenvalue weighted by Gasteiger charge is 2.38. The van der Waals surface area contributed by atoms with Crippen molar-refractivity contribution in [3.05, 3.63) is 0 Å². The summed E-state index contributed by atoms with van der Waals surface area (Å²) in [5.74, 6) is 0. The molecule has 1 aliphatic rings. The number of hydrogen-bond acceptors (Lipinski definition) is 4. The molecule has 4 nitrogen and oxygen atoms in total. The molecular weight excluding hydrogens is 216 g/mol. The Morgan fingerprint density at radius 3 is 2.44 bits per heavy atom. The minimum Gasteiger partial charge on any atom is -0.319 e. The maximum Gasteiger partial charge on any atom is 0.272 e. The first-order chi connectivity index (χ1) is 7.49. The lowest BCUT2D eigenvalue weighted by Gasteiger charge is -2.50. The van der Waals surface area contributed by atoms with E-state index in [1.54, 1.807) is 0 Å². The molecule has 1 N–H and O–H groups in total. The summed E-state index contributed by atoms with van der Waals surface area (Å²) >= 11 is 0. The summed E-state index contributed by atoms with van der Waals surface area (Å²) in [5.41, 5.74) is 0. The molecule has 16 heavy (non-hydrogen) atoms. The average Bonchev–Trinajstić information content (AvgIpc) is 2.20. The molecule has 3 atom stereocenters. The van der Waals surface area contributed by atoms with Crippen LogP contribution in [0.15, 0.2) is 0 Å². The fourth-order valence-corrected chi connectivity index (χ4v) is 6.03. The van der Waals surface area contributed by atoms with Crippen LogP contribution in [-0.2, 0) is 0 Å². The zero-order valence-electron chi connectivity index (χ0n) is 11.7. The molecule has 0 amide bonds. The van der Waals surface area contributed by atoms with Crippen molar-refractivity contribution in [3.63, 3.8) is 0 Å². The predicted molar refractivity (Wildman–Crippen MR) is 72.8 cm³/mol. The van der Waals surface area contributed by atoms with Gasteiger partial charge in [0.2, 0.25) is 0 Å². The molecule has 96 valence electrons. The molecular formula is C11H28N4Si. The van der Waals surface area contributed by atoms with Crippen molar-refractivity contribution in [3.8, 4) is 0 Å². The van der Waals surface area contributed by atoms with E-state index in [1.807, 2.05) is 7.05 Å². The molecule has 0 aliphatic carbocycles. The Kier molecular flexibility index (Phi) is 5.40. The van der Waals surface area contributed by atoms with E-state index in [0.717, 1.165) is 18.6 Å². The Labute approximate surface area is 102 Å². The number of hydrogen-bond donors (Lipinski definition) is 1. The molecule has 0 aromatic rings. The van der Waals surface area contributed by atoms with Gasteiger partial charge >= 0.3 is 0 Å². The van der Waals surface area contributed by atoms with Crippen LogP contribution < -0.4 is 5.32 Å². The predicted octanol–water partition coefficient (Wildman–Crippen LogP) is -0.101. The van der Waals surface area contributed by atoms with Crippen LogP contribution in [0.2, 0.25) is 0 Å². The van der Waals surface area contributed by atoms with E-state index >= 15 is 0 Å². The van der Waals surface area contributed by atoms with Gasteiger partial charge in [0.25, 0.3) is 9.28 Å². The van der Waals surface area contributed by atoms with Gasteiger partial charge in [-0.05, 0) is 34.6 Å². The number of nitrogens with zero attached hydrogens (tertiary/aromatic N) is 3. The van der Waals surface area contributed by atoms with E-state index in [1.165, 1.54) is 13.0 Å². The smallest absolute Gasteiger partial charge is 0.272 e. The van der Waals surface area contributed by atoms with Gasteiger partial charge in [-0.3, -0.25) is 4.57 Å². The third-order valence-corrected chi connectivity index (χ3v) is 7.21. The molecule has 0 spiro atoms. The Hall–Kier alpha value is 0.0569. The summed E-state index contributed by atoms with van der Waals surface area (Å²) in [5, 5.41) is 3.26. The largest absolute Gasteiger partial charge is 0.319 e. The zero-order chi connectivity index (χ0) is 12.3. The summed E-state index contributed by atoms with van der Waals surface area (Å²) in [7, 11) is 7.68. The summed E-state index contributed by atoms with van der Waals surface area (Å²) < 4.78 is 7.77. The van der Waals surface area contributed by atoms with E-state index in [0.29, 0.717) is 0 Å². The topological polar surface area (TPSA) is 21.8 Å². The van der Waals surface area contributed by atoms with Gasteiger partial charge in [-0.2, -0.15) is 0 Å². The second kappa shape index (κ2) is 6.12. The standard InChI is InChI=1S/C11H28N4Si/c1-10-9-11(2)15(8-7-12-3)16(13(4)5)14(10)6/h10-12,16H,7-9H2,1-6H3. The van der Waals surface area contributed by atoms with Crippen LogP contribution in [0.1, 0.15) is 20.3 Å². The first kappa shape index (κ1) is 14.1. The average molecular weight is 244 g/mol. The van der Waals surface area contributed by atoms with Crippen molar-refractivity contribution in [2.24, 2.45) is 0 Å².